The van der Waals surface area contributed by atoms with E-state index in [0.29, 0.717) is 19.4 Å². The Bertz CT molecular complexity index is 477. The summed E-state index contributed by atoms with van der Waals surface area (Å²) in [5, 5.41) is 16.6. The van der Waals surface area contributed by atoms with Gasteiger partial charge in [-0.25, -0.2) is 13.1 Å². The molecule has 0 spiro atoms. The maximum atomic E-state index is 12.1. The SMILES string of the molecule is CCCCCCCC(C#N)S(=O)(=O)NCCCCCCCCC#N. The van der Waals surface area contributed by atoms with E-state index in [0.717, 1.165) is 64.2 Å². The van der Waals surface area contributed by atoms with Gasteiger partial charge < -0.3 is 0 Å². The summed E-state index contributed by atoms with van der Waals surface area (Å²) in [7, 11) is -3.52. The Labute approximate surface area is 148 Å². The summed E-state index contributed by atoms with van der Waals surface area (Å²) in [6.07, 6.45) is 12.2. The van der Waals surface area contributed by atoms with E-state index >= 15 is 0 Å². The van der Waals surface area contributed by atoms with E-state index in [4.69, 9.17) is 10.5 Å². The van der Waals surface area contributed by atoms with Gasteiger partial charge in [-0.05, 0) is 19.3 Å². The molecule has 0 amide bonds. The molecule has 0 saturated heterocycles. The molecule has 0 aliphatic rings. The summed E-state index contributed by atoms with van der Waals surface area (Å²) in [5.41, 5.74) is 0. The summed E-state index contributed by atoms with van der Waals surface area (Å²) in [5.74, 6) is 0. The van der Waals surface area contributed by atoms with Crippen molar-refractivity contribution in [2.24, 2.45) is 0 Å². The standard InChI is InChI=1S/C18H33N3O2S/c1-2-3-4-8-11-14-18(17-20)24(22,23)21-16-13-10-7-5-6-9-12-15-19/h18,21H,2-14,16H2,1H3. The zero-order chi connectivity index (χ0) is 18.1. The van der Waals surface area contributed by atoms with Crippen LogP contribution in [-0.4, -0.2) is 20.2 Å². The van der Waals surface area contributed by atoms with E-state index < -0.39 is 15.3 Å². The topological polar surface area (TPSA) is 93.8 Å². The number of sulfonamides is 1. The normalized spacial score (nSPS) is 12.5. The molecule has 0 aliphatic carbocycles. The second-order valence-electron chi connectivity index (χ2n) is 6.29. The van der Waals surface area contributed by atoms with Crippen molar-refractivity contribution < 1.29 is 8.42 Å². The van der Waals surface area contributed by atoms with E-state index in [1.807, 2.05) is 6.07 Å². The van der Waals surface area contributed by atoms with Crippen LogP contribution in [0.2, 0.25) is 0 Å². The molecule has 24 heavy (non-hydrogen) atoms. The summed E-state index contributed by atoms with van der Waals surface area (Å²) < 4.78 is 26.8. The minimum absolute atomic E-state index is 0.411. The average molecular weight is 356 g/mol. The third-order valence-electron chi connectivity index (χ3n) is 4.11. The van der Waals surface area contributed by atoms with E-state index in [2.05, 4.69) is 17.7 Å². The molecular formula is C18H33N3O2S. The third kappa shape index (κ3) is 12.3. The zero-order valence-corrected chi connectivity index (χ0v) is 15.9. The smallest absolute Gasteiger partial charge is 0.214 e. The van der Waals surface area contributed by atoms with Gasteiger partial charge >= 0.3 is 0 Å². The van der Waals surface area contributed by atoms with E-state index in [1.54, 1.807) is 0 Å². The van der Waals surface area contributed by atoms with Crippen molar-refractivity contribution >= 4 is 10.0 Å². The first-order valence-corrected chi connectivity index (χ1v) is 10.9. The molecule has 5 nitrogen and oxygen atoms in total. The first-order valence-electron chi connectivity index (χ1n) is 9.33. The Balaban J connectivity index is 3.81. The molecule has 0 fully saturated rings. The van der Waals surface area contributed by atoms with Crippen molar-refractivity contribution in [1.29, 1.82) is 10.5 Å². The molecule has 0 rings (SSSR count). The first kappa shape index (κ1) is 22.9. The number of unbranched alkanes of at least 4 members (excludes halogenated alkanes) is 10. The summed E-state index contributed by atoms with van der Waals surface area (Å²) >= 11 is 0. The molecule has 0 aromatic rings. The first-order chi connectivity index (χ1) is 11.6. The van der Waals surface area contributed by atoms with Gasteiger partial charge in [0, 0.05) is 13.0 Å². The lowest BCUT2D eigenvalue weighted by Crippen LogP contribution is -2.34. The van der Waals surface area contributed by atoms with Crippen LogP contribution in [0.15, 0.2) is 0 Å². The van der Waals surface area contributed by atoms with Crippen molar-refractivity contribution in [2.75, 3.05) is 6.54 Å². The quantitative estimate of drug-likeness (QED) is 0.415. The number of nitriles is 2. The Morgan fingerprint density at radius 2 is 1.46 bits per heavy atom. The predicted molar refractivity (Wildman–Crippen MR) is 97.6 cm³/mol. The van der Waals surface area contributed by atoms with Crippen molar-refractivity contribution in [3.8, 4) is 12.1 Å². The molecule has 138 valence electrons. The average Bonchev–Trinajstić information content (AvgIpc) is 2.56. The van der Waals surface area contributed by atoms with Gasteiger partial charge in [0.05, 0.1) is 12.1 Å². The van der Waals surface area contributed by atoms with Crippen molar-refractivity contribution in [3.05, 3.63) is 0 Å². The fourth-order valence-electron chi connectivity index (χ4n) is 2.57. The minimum atomic E-state index is -3.52. The van der Waals surface area contributed by atoms with Gasteiger partial charge in [0.2, 0.25) is 10.0 Å². The molecule has 0 heterocycles. The highest BCUT2D eigenvalue weighted by molar-refractivity contribution is 7.90. The second kappa shape index (κ2) is 15.4. The van der Waals surface area contributed by atoms with Gasteiger partial charge in [-0.15, -0.1) is 0 Å². The molecule has 0 radical (unpaired) electrons. The van der Waals surface area contributed by atoms with Crippen LogP contribution in [0.5, 0.6) is 0 Å². The van der Waals surface area contributed by atoms with Crippen molar-refractivity contribution in [2.45, 2.75) is 95.6 Å². The molecule has 0 saturated carbocycles. The van der Waals surface area contributed by atoms with Crippen molar-refractivity contribution in [1.82, 2.24) is 4.72 Å². The highest BCUT2D eigenvalue weighted by Gasteiger charge is 2.23. The largest absolute Gasteiger partial charge is 0.227 e. The Hall–Kier alpha value is -1.11. The Kier molecular flexibility index (Phi) is 14.7. The van der Waals surface area contributed by atoms with Crippen LogP contribution in [0.25, 0.3) is 0 Å². The van der Waals surface area contributed by atoms with E-state index in [1.165, 1.54) is 6.42 Å². The number of nitrogens with one attached hydrogen (secondary N) is 1. The van der Waals surface area contributed by atoms with Gasteiger partial charge in [-0.1, -0.05) is 64.7 Å². The van der Waals surface area contributed by atoms with Gasteiger partial charge in [-0.3, -0.25) is 0 Å². The van der Waals surface area contributed by atoms with Crippen LogP contribution >= 0.6 is 0 Å². The lowest BCUT2D eigenvalue weighted by molar-refractivity contribution is 0.549. The molecule has 1 N–H and O–H groups in total. The molecule has 1 atom stereocenters. The van der Waals surface area contributed by atoms with Crippen LogP contribution in [0.4, 0.5) is 0 Å². The summed E-state index contributed by atoms with van der Waals surface area (Å²) in [6.45, 7) is 2.55. The van der Waals surface area contributed by atoms with Crippen LogP contribution in [0.1, 0.15) is 90.4 Å². The third-order valence-corrected chi connectivity index (χ3v) is 5.80. The van der Waals surface area contributed by atoms with Crippen molar-refractivity contribution in [3.63, 3.8) is 0 Å². The highest BCUT2D eigenvalue weighted by Crippen LogP contribution is 2.12. The summed E-state index contributed by atoms with van der Waals surface area (Å²) in [4.78, 5) is 0. The fourth-order valence-corrected chi connectivity index (χ4v) is 3.82. The molecule has 0 aromatic carbocycles. The molecule has 0 aromatic heterocycles. The molecule has 0 aliphatic heterocycles. The second-order valence-corrected chi connectivity index (χ2v) is 8.24. The van der Waals surface area contributed by atoms with Gasteiger partial charge in [0.25, 0.3) is 0 Å². The van der Waals surface area contributed by atoms with Crippen LogP contribution in [0.3, 0.4) is 0 Å². The maximum Gasteiger partial charge on any atom is 0.227 e. The molecular weight excluding hydrogens is 322 g/mol. The number of rotatable bonds is 16. The lowest BCUT2D eigenvalue weighted by Gasteiger charge is -2.12. The minimum Gasteiger partial charge on any atom is -0.214 e. The lowest BCUT2D eigenvalue weighted by atomic mass is 10.1. The highest BCUT2D eigenvalue weighted by atomic mass is 32.2. The predicted octanol–water partition coefficient (Wildman–Crippen LogP) is 4.41. The fraction of sp³-hybridized carbons (Fsp3) is 0.889. The monoisotopic (exact) mass is 355 g/mol. The zero-order valence-electron chi connectivity index (χ0n) is 15.1. The van der Waals surface area contributed by atoms with Gasteiger partial charge in [0.15, 0.2) is 5.25 Å². The maximum absolute atomic E-state index is 12.1. The van der Waals surface area contributed by atoms with E-state index in [-0.39, 0.29) is 0 Å². The molecule has 1 unspecified atom stereocenters. The van der Waals surface area contributed by atoms with Gasteiger partial charge in [-0.2, -0.15) is 10.5 Å². The molecule has 0 bridgehead atoms. The number of hydrogen-bond acceptors (Lipinski definition) is 4. The Morgan fingerprint density at radius 1 is 0.875 bits per heavy atom. The van der Waals surface area contributed by atoms with Crippen LogP contribution in [0, 0.1) is 22.7 Å². The van der Waals surface area contributed by atoms with Gasteiger partial charge in [0.1, 0.15) is 0 Å². The Morgan fingerprint density at radius 3 is 2.08 bits per heavy atom. The van der Waals surface area contributed by atoms with E-state index in [9.17, 15) is 8.42 Å². The van der Waals surface area contributed by atoms with Crippen LogP contribution in [-0.2, 0) is 10.0 Å². The molecule has 6 heteroatoms. The van der Waals surface area contributed by atoms with Crippen LogP contribution < -0.4 is 4.72 Å². The number of hydrogen-bond donors (Lipinski definition) is 1. The number of nitrogens with zero attached hydrogens (tertiary/aromatic N) is 2. The summed E-state index contributed by atoms with van der Waals surface area (Å²) in [6, 6.07) is 4.07.